The first-order chi connectivity index (χ1) is 8.72. The van der Waals surface area contributed by atoms with E-state index in [2.05, 4.69) is 10.1 Å². The van der Waals surface area contributed by atoms with Gasteiger partial charge in [-0.2, -0.15) is 0 Å². The van der Waals surface area contributed by atoms with Gasteiger partial charge in [0.05, 0.1) is 5.56 Å². The molecular weight excluding hydrogens is 253 g/mol. The number of rotatable bonds is 3. The molecule has 0 aliphatic heterocycles. The lowest BCUT2D eigenvalue weighted by Crippen LogP contribution is -2.16. The molecule has 1 heterocycles. The fourth-order valence-corrected chi connectivity index (χ4v) is 2.34. The van der Waals surface area contributed by atoms with Gasteiger partial charge < -0.3 is 10.9 Å². The van der Waals surface area contributed by atoms with Crippen molar-refractivity contribution in [1.82, 2.24) is 4.98 Å². The molecule has 0 aliphatic carbocycles. The topological polar surface area (TPSA) is 71.5 Å². The first kappa shape index (κ1) is 12.4. The lowest BCUT2D eigenvalue weighted by molar-refractivity contribution is 0.318. The van der Waals surface area contributed by atoms with Crippen LogP contribution in [0.4, 0.5) is 4.39 Å². The summed E-state index contributed by atoms with van der Waals surface area (Å²) in [5.41, 5.74) is 5.56. The van der Waals surface area contributed by atoms with Gasteiger partial charge in [-0.25, -0.2) is 9.37 Å². The third-order valence-corrected chi connectivity index (χ3v) is 3.20. The van der Waals surface area contributed by atoms with Crippen LogP contribution in [0.1, 0.15) is 5.56 Å². The van der Waals surface area contributed by atoms with Gasteiger partial charge in [-0.05, 0) is 24.3 Å². The summed E-state index contributed by atoms with van der Waals surface area (Å²) in [7, 11) is 0. The Morgan fingerprint density at radius 1 is 1.28 bits per heavy atom. The smallest absolute Gasteiger partial charge is 0.174 e. The lowest BCUT2D eigenvalue weighted by Gasteiger charge is -2.08. The predicted octanol–water partition coefficient (Wildman–Crippen LogP) is 2.47. The molecule has 0 amide bonds. The number of hydrogen-bond donors (Lipinski definition) is 2. The van der Waals surface area contributed by atoms with E-state index in [0.29, 0.717) is 9.92 Å². The van der Waals surface area contributed by atoms with Gasteiger partial charge in [-0.15, -0.1) is 0 Å². The number of nitrogens with zero attached hydrogens (tertiary/aromatic N) is 2. The van der Waals surface area contributed by atoms with Gasteiger partial charge in [-0.3, -0.25) is 0 Å². The molecule has 0 saturated heterocycles. The zero-order valence-corrected chi connectivity index (χ0v) is 10.1. The normalized spacial score (nSPS) is 11.5. The molecule has 1 aromatic heterocycles. The summed E-state index contributed by atoms with van der Waals surface area (Å²) in [6.45, 7) is 0. The third kappa shape index (κ3) is 2.60. The maximum absolute atomic E-state index is 13.7. The van der Waals surface area contributed by atoms with Crippen molar-refractivity contribution in [2.75, 3.05) is 0 Å². The molecule has 0 fully saturated rings. The lowest BCUT2D eigenvalue weighted by atomic mass is 10.2. The maximum atomic E-state index is 13.7. The van der Waals surface area contributed by atoms with Crippen LogP contribution in [0.15, 0.2) is 57.7 Å². The van der Waals surface area contributed by atoms with Crippen molar-refractivity contribution in [1.29, 1.82) is 0 Å². The number of nitrogens with two attached hydrogens (primary N) is 1. The highest BCUT2D eigenvalue weighted by molar-refractivity contribution is 7.99. The molecule has 0 atom stereocenters. The average molecular weight is 263 g/mol. The molecule has 3 N–H and O–H groups in total. The highest BCUT2D eigenvalue weighted by Crippen LogP contribution is 2.30. The van der Waals surface area contributed by atoms with Gasteiger partial charge in [0.15, 0.2) is 5.84 Å². The van der Waals surface area contributed by atoms with Crippen LogP contribution < -0.4 is 5.73 Å². The summed E-state index contributed by atoms with van der Waals surface area (Å²) in [5, 5.41) is 12.2. The minimum atomic E-state index is -0.536. The van der Waals surface area contributed by atoms with Crippen LogP contribution in [0.2, 0.25) is 0 Å². The second-order valence-corrected chi connectivity index (χ2v) is 4.43. The number of benzene rings is 1. The number of hydrogen-bond acceptors (Lipinski definition) is 4. The molecule has 2 rings (SSSR count). The van der Waals surface area contributed by atoms with Crippen molar-refractivity contribution in [3.63, 3.8) is 0 Å². The Bertz CT molecular complexity index is 575. The monoisotopic (exact) mass is 263 g/mol. The highest BCUT2D eigenvalue weighted by atomic mass is 32.2. The van der Waals surface area contributed by atoms with E-state index < -0.39 is 5.82 Å². The van der Waals surface area contributed by atoms with E-state index in [0.717, 1.165) is 0 Å². The summed E-state index contributed by atoms with van der Waals surface area (Å²) in [6.07, 6.45) is 1.64. The van der Waals surface area contributed by atoms with Crippen LogP contribution in [0.25, 0.3) is 0 Å². The molecule has 0 spiro atoms. The summed E-state index contributed by atoms with van der Waals surface area (Å²) in [4.78, 5) is 4.67. The highest BCUT2D eigenvalue weighted by Gasteiger charge is 2.14. The number of halogens is 1. The molecule has 0 aliphatic rings. The van der Waals surface area contributed by atoms with Crippen molar-refractivity contribution in [2.24, 2.45) is 10.9 Å². The van der Waals surface area contributed by atoms with Crippen molar-refractivity contribution in [3.8, 4) is 0 Å². The average Bonchev–Trinajstić information content (AvgIpc) is 2.39. The minimum absolute atomic E-state index is 0.0793. The van der Waals surface area contributed by atoms with E-state index in [4.69, 9.17) is 10.9 Å². The Hall–Kier alpha value is -2.08. The second-order valence-electron chi connectivity index (χ2n) is 3.37. The van der Waals surface area contributed by atoms with Gasteiger partial charge in [0, 0.05) is 11.1 Å². The molecule has 0 saturated carbocycles. The molecule has 1 aromatic carbocycles. The Kier molecular flexibility index (Phi) is 3.78. The van der Waals surface area contributed by atoms with Crippen molar-refractivity contribution >= 4 is 17.6 Å². The number of pyridine rings is 1. The molecule has 0 radical (unpaired) electrons. The van der Waals surface area contributed by atoms with E-state index >= 15 is 0 Å². The van der Waals surface area contributed by atoms with Gasteiger partial charge >= 0.3 is 0 Å². The quantitative estimate of drug-likeness (QED) is 0.386. The standard InChI is InChI=1S/C12H10FN3OS/c13-8-4-3-5-9(11(8)12(14)16-17)18-10-6-1-2-7-15-10/h1-7,17H,(H2,14,16). The Labute approximate surface area is 107 Å². The summed E-state index contributed by atoms with van der Waals surface area (Å²) in [6, 6.07) is 9.93. The summed E-state index contributed by atoms with van der Waals surface area (Å²) in [5.74, 6) is -0.794. The van der Waals surface area contributed by atoms with Crippen LogP contribution >= 0.6 is 11.8 Å². The molecule has 4 nitrogen and oxygen atoms in total. The van der Waals surface area contributed by atoms with Crippen molar-refractivity contribution in [3.05, 3.63) is 54.0 Å². The van der Waals surface area contributed by atoms with Crippen LogP contribution in [0.3, 0.4) is 0 Å². The van der Waals surface area contributed by atoms with Crippen LogP contribution in [0, 0.1) is 5.82 Å². The molecule has 0 bridgehead atoms. The van der Waals surface area contributed by atoms with Gasteiger partial charge in [0.2, 0.25) is 0 Å². The van der Waals surface area contributed by atoms with Gasteiger partial charge in [0.1, 0.15) is 10.8 Å². The van der Waals surface area contributed by atoms with Crippen molar-refractivity contribution < 1.29 is 9.60 Å². The van der Waals surface area contributed by atoms with Gasteiger partial charge in [0.25, 0.3) is 0 Å². The zero-order valence-electron chi connectivity index (χ0n) is 9.25. The SMILES string of the molecule is NC(=NO)c1c(F)cccc1Sc1ccccn1. The molecule has 6 heteroatoms. The molecule has 18 heavy (non-hydrogen) atoms. The first-order valence-electron chi connectivity index (χ1n) is 5.07. The van der Waals surface area contributed by atoms with E-state index in [1.54, 1.807) is 30.5 Å². The summed E-state index contributed by atoms with van der Waals surface area (Å²) < 4.78 is 13.7. The van der Waals surface area contributed by atoms with Crippen LogP contribution in [0.5, 0.6) is 0 Å². The number of amidine groups is 1. The third-order valence-electron chi connectivity index (χ3n) is 2.19. The Balaban J connectivity index is 2.42. The van der Waals surface area contributed by atoms with E-state index in [1.165, 1.54) is 17.8 Å². The fraction of sp³-hybridized carbons (Fsp3) is 0. The Morgan fingerprint density at radius 3 is 2.78 bits per heavy atom. The molecule has 2 aromatic rings. The number of oxime groups is 1. The van der Waals surface area contributed by atoms with E-state index in [9.17, 15) is 4.39 Å². The largest absolute Gasteiger partial charge is 0.409 e. The van der Waals surface area contributed by atoms with Crippen LogP contribution in [-0.2, 0) is 0 Å². The molecule has 0 unspecified atom stereocenters. The maximum Gasteiger partial charge on any atom is 0.174 e. The van der Waals surface area contributed by atoms with Gasteiger partial charge in [-0.1, -0.05) is 29.1 Å². The molecular formula is C12H10FN3OS. The first-order valence-corrected chi connectivity index (χ1v) is 5.89. The van der Waals surface area contributed by atoms with Crippen molar-refractivity contribution in [2.45, 2.75) is 9.92 Å². The predicted molar refractivity (Wildman–Crippen MR) is 67.3 cm³/mol. The Morgan fingerprint density at radius 2 is 2.11 bits per heavy atom. The van der Waals surface area contributed by atoms with E-state index in [1.807, 2.05) is 6.07 Å². The molecule has 92 valence electrons. The fourth-order valence-electron chi connectivity index (χ4n) is 1.41. The summed E-state index contributed by atoms with van der Waals surface area (Å²) >= 11 is 1.25. The van der Waals surface area contributed by atoms with Crippen LogP contribution in [-0.4, -0.2) is 16.0 Å². The zero-order chi connectivity index (χ0) is 13.0. The second kappa shape index (κ2) is 5.50. The van der Waals surface area contributed by atoms with E-state index in [-0.39, 0.29) is 11.4 Å². The minimum Gasteiger partial charge on any atom is -0.409 e. The number of aromatic nitrogens is 1.